The van der Waals surface area contributed by atoms with Crippen LogP contribution >= 0.6 is 0 Å². The van der Waals surface area contributed by atoms with E-state index < -0.39 is 5.60 Å². The Labute approximate surface area is 129 Å². The Kier molecular flexibility index (Phi) is 5.18. The summed E-state index contributed by atoms with van der Waals surface area (Å²) in [7, 11) is 0. The molecule has 1 saturated heterocycles. The fourth-order valence-electron chi connectivity index (χ4n) is 3.10. The second kappa shape index (κ2) is 6.55. The van der Waals surface area contributed by atoms with Gasteiger partial charge >= 0.3 is 6.09 Å². The molecule has 0 spiro atoms. The van der Waals surface area contributed by atoms with Crippen molar-refractivity contribution in [2.24, 2.45) is 11.3 Å². The lowest BCUT2D eigenvalue weighted by Gasteiger charge is -2.34. The van der Waals surface area contributed by atoms with Crippen LogP contribution < -0.4 is 5.32 Å². The topological polar surface area (TPSA) is 41.6 Å². The van der Waals surface area contributed by atoms with Gasteiger partial charge in [-0.15, -0.1) is 0 Å². The fourth-order valence-corrected chi connectivity index (χ4v) is 3.10. The van der Waals surface area contributed by atoms with Gasteiger partial charge in [0.05, 0.1) is 0 Å². The van der Waals surface area contributed by atoms with Crippen LogP contribution in [0.4, 0.5) is 4.79 Å². The number of hydrogen-bond donors (Lipinski definition) is 1. The van der Waals surface area contributed by atoms with Gasteiger partial charge < -0.3 is 15.0 Å². The molecule has 1 aliphatic heterocycles. The van der Waals surface area contributed by atoms with Gasteiger partial charge in [0.25, 0.3) is 0 Å². The molecule has 1 heterocycles. The Morgan fingerprint density at radius 3 is 2.67 bits per heavy atom. The second-order valence-corrected chi connectivity index (χ2v) is 7.92. The van der Waals surface area contributed by atoms with E-state index in [9.17, 15) is 4.79 Å². The van der Waals surface area contributed by atoms with Crippen molar-refractivity contribution < 1.29 is 9.53 Å². The Morgan fingerprint density at radius 1 is 1.38 bits per heavy atom. The highest BCUT2D eigenvalue weighted by molar-refractivity contribution is 5.68. The molecule has 1 aliphatic carbocycles. The van der Waals surface area contributed by atoms with Gasteiger partial charge in [0, 0.05) is 19.6 Å². The SMILES string of the molecule is CCC1(CNCC2CCCN(C(=O)OC(C)(C)C)C2)CC1. The lowest BCUT2D eigenvalue weighted by atomic mass is 9.97. The first-order chi connectivity index (χ1) is 9.84. The lowest BCUT2D eigenvalue weighted by Crippen LogP contribution is -2.45. The molecule has 1 amide bonds. The smallest absolute Gasteiger partial charge is 0.410 e. The molecule has 2 fully saturated rings. The van der Waals surface area contributed by atoms with Crippen LogP contribution in [0, 0.1) is 11.3 Å². The van der Waals surface area contributed by atoms with Gasteiger partial charge in [-0.3, -0.25) is 0 Å². The number of nitrogens with one attached hydrogen (secondary N) is 1. The zero-order valence-corrected chi connectivity index (χ0v) is 14.2. The van der Waals surface area contributed by atoms with Gasteiger partial charge in [0.15, 0.2) is 0 Å². The van der Waals surface area contributed by atoms with Crippen LogP contribution in [0.1, 0.15) is 59.8 Å². The van der Waals surface area contributed by atoms with Crippen molar-refractivity contribution >= 4 is 6.09 Å². The monoisotopic (exact) mass is 296 g/mol. The zero-order chi connectivity index (χ0) is 15.5. The van der Waals surface area contributed by atoms with Crippen LogP contribution in [-0.2, 0) is 4.74 Å². The summed E-state index contributed by atoms with van der Waals surface area (Å²) in [6, 6.07) is 0. The van der Waals surface area contributed by atoms with Crippen LogP contribution in [-0.4, -0.2) is 42.8 Å². The van der Waals surface area contributed by atoms with Gasteiger partial charge in [0.1, 0.15) is 5.60 Å². The van der Waals surface area contributed by atoms with E-state index in [1.165, 1.54) is 25.7 Å². The summed E-state index contributed by atoms with van der Waals surface area (Å²) >= 11 is 0. The van der Waals surface area contributed by atoms with Gasteiger partial charge in [-0.05, 0) is 70.8 Å². The van der Waals surface area contributed by atoms with Gasteiger partial charge in [0.2, 0.25) is 0 Å². The fraction of sp³-hybridized carbons (Fsp3) is 0.941. The van der Waals surface area contributed by atoms with Crippen LogP contribution in [0.2, 0.25) is 0 Å². The molecule has 0 radical (unpaired) electrons. The molecule has 1 N–H and O–H groups in total. The van der Waals surface area contributed by atoms with Gasteiger partial charge in [-0.25, -0.2) is 4.79 Å². The van der Waals surface area contributed by atoms with Gasteiger partial charge in [-0.2, -0.15) is 0 Å². The van der Waals surface area contributed by atoms with E-state index in [-0.39, 0.29) is 6.09 Å². The van der Waals surface area contributed by atoms with Crippen molar-refractivity contribution in [2.45, 2.75) is 65.4 Å². The number of carbonyl (C=O) groups excluding carboxylic acids is 1. The summed E-state index contributed by atoms with van der Waals surface area (Å²) in [5.74, 6) is 0.568. The van der Waals surface area contributed by atoms with Gasteiger partial charge in [-0.1, -0.05) is 6.92 Å². The highest BCUT2D eigenvalue weighted by Crippen LogP contribution is 2.47. The largest absolute Gasteiger partial charge is 0.444 e. The first-order valence-corrected chi connectivity index (χ1v) is 8.52. The number of ether oxygens (including phenoxy) is 1. The maximum atomic E-state index is 12.1. The maximum Gasteiger partial charge on any atom is 0.410 e. The molecule has 122 valence electrons. The maximum absolute atomic E-state index is 12.1. The normalized spacial score (nSPS) is 24.8. The number of piperidine rings is 1. The number of likely N-dealkylation sites (tertiary alicyclic amines) is 1. The minimum atomic E-state index is -0.401. The Balaban J connectivity index is 1.71. The lowest BCUT2D eigenvalue weighted by molar-refractivity contribution is 0.0166. The number of amides is 1. The van der Waals surface area contributed by atoms with Crippen molar-refractivity contribution in [2.75, 3.05) is 26.2 Å². The number of rotatable bonds is 5. The highest BCUT2D eigenvalue weighted by atomic mass is 16.6. The van der Waals surface area contributed by atoms with E-state index in [2.05, 4.69) is 12.2 Å². The van der Waals surface area contributed by atoms with Crippen molar-refractivity contribution in [3.63, 3.8) is 0 Å². The third-order valence-corrected chi connectivity index (χ3v) is 4.81. The predicted molar refractivity (Wildman–Crippen MR) is 85.4 cm³/mol. The molecule has 0 bridgehead atoms. The number of hydrogen-bond acceptors (Lipinski definition) is 3. The summed E-state index contributed by atoms with van der Waals surface area (Å²) in [5, 5.41) is 3.64. The molecule has 0 aromatic rings. The van der Waals surface area contributed by atoms with Crippen LogP contribution in [0.5, 0.6) is 0 Å². The third-order valence-electron chi connectivity index (χ3n) is 4.81. The Morgan fingerprint density at radius 2 is 2.10 bits per heavy atom. The average molecular weight is 296 g/mol. The highest BCUT2D eigenvalue weighted by Gasteiger charge is 2.40. The standard InChI is InChI=1S/C17H32N2O2/c1-5-17(8-9-17)13-18-11-14-7-6-10-19(12-14)15(20)21-16(2,3)4/h14,18H,5-13H2,1-4H3. The van der Waals surface area contributed by atoms with Crippen LogP contribution in [0.25, 0.3) is 0 Å². The van der Waals surface area contributed by atoms with E-state index in [1.807, 2.05) is 25.7 Å². The van der Waals surface area contributed by atoms with Crippen molar-refractivity contribution in [1.29, 1.82) is 0 Å². The first-order valence-electron chi connectivity index (χ1n) is 8.52. The summed E-state index contributed by atoms with van der Waals surface area (Å²) < 4.78 is 5.48. The van der Waals surface area contributed by atoms with Crippen molar-refractivity contribution in [3.05, 3.63) is 0 Å². The Bertz CT molecular complexity index is 358. The van der Waals surface area contributed by atoms with E-state index in [0.717, 1.165) is 32.6 Å². The molecule has 2 rings (SSSR count). The summed E-state index contributed by atoms with van der Waals surface area (Å²) in [6.07, 6.45) is 6.19. The number of carbonyl (C=O) groups is 1. The van der Waals surface area contributed by atoms with Crippen molar-refractivity contribution in [1.82, 2.24) is 10.2 Å². The molecule has 1 saturated carbocycles. The summed E-state index contributed by atoms with van der Waals surface area (Å²) in [4.78, 5) is 14.0. The van der Waals surface area contributed by atoms with E-state index in [1.54, 1.807) is 0 Å². The molecule has 2 aliphatic rings. The number of nitrogens with zero attached hydrogens (tertiary/aromatic N) is 1. The van der Waals surface area contributed by atoms with Crippen LogP contribution in [0.3, 0.4) is 0 Å². The summed E-state index contributed by atoms with van der Waals surface area (Å²) in [5.41, 5.74) is 0.196. The molecular weight excluding hydrogens is 264 g/mol. The average Bonchev–Trinajstić information content (AvgIpc) is 3.18. The van der Waals surface area contributed by atoms with E-state index in [0.29, 0.717) is 11.3 Å². The minimum absolute atomic E-state index is 0.153. The third kappa shape index (κ3) is 5.17. The summed E-state index contributed by atoms with van der Waals surface area (Å²) in [6.45, 7) is 11.9. The quantitative estimate of drug-likeness (QED) is 0.845. The molecule has 21 heavy (non-hydrogen) atoms. The molecule has 4 heteroatoms. The molecule has 0 aromatic heterocycles. The predicted octanol–water partition coefficient (Wildman–Crippen LogP) is 3.41. The minimum Gasteiger partial charge on any atom is -0.444 e. The second-order valence-electron chi connectivity index (χ2n) is 7.92. The molecule has 1 atom stereocenters. The van der Waals surface area contributed by atoms with Crippen molar-refractivity contribution in [3.8, 4) is 0 Å². The van der Waals surface area contributed by atoms with E-state index >= 15 is 0 Å². The molecular formula is C17H32N2O2. The Hall–Kier alpha value is -0.770. The van der Waals surface area contributed by atoms with Crippen LogP contribution in [0.15, 0.2) is 0 Å². The molecule has 1 unspecified atom stereocenters. The first kappa shape index (κ1) is 16.6. The zero-order valence-electron chi connectivity index (χ0n) is 14.2. The molecule has 0 aromatic carbocycles. The molecule has 4 nitrogen and oxygen atoms in total. The van der Waals surface area contributed by atoms with E-state index in [4.69, 9.17) is 4.74 Å².